The lowest BCUT2D eigenvalue weighted by Gasteiger charge is -2.28. The van der Waals surface area contributed by atoms with E-state index < -0.39 is 20.8 Å². The first-order chi connectivity index (χ1) is 13.8. The normalized spacial score (nSPS) is 17.5. The fourth-order valence-corrected chi connectivity index (χ4v) is 5.03. The zero-order valence-electron chi connectivity index (χ0n) is 15.8. The predicted octanol–water partition coefficient (Wildman–Crippen LogP) is 2.24. The topological polar surface area (TPSA) is 119 Å². The average Bonchev–Trinajstić information content (AvgIpc) is 3.06. The molecule has 0 aliphatic carbocycles. The number of nitrogens with one attached hydrogen (secondary N) is 1. The number of nitro benzene ring substituents is 1. The number of methoxy groups -OCH3 is 1. The van der Waals surface area contributed by atoms with Crippen LogP contribution in [0.3, 0.4) is 0 Å². The van der Waals surface area contributed by atoms with Gasteiger partial charge < -0.3 is 15.0 Å². The highest BCUT2D eigenvalue weighted by molar-refractivity contribution is 7.91. The molecule has 0 radical (unpaired) electrons. The van der Waals surface area contributed by atoms with Crippen molar-refractivity contribution in [2.45, 2.75) is 12.5 Å². The van der Waals surface area contributed by atoms with E-state index >= 15 is 0 Å². The number of non-ortho nitro benzene ring substituents is 1. The van der Waals surface area contributed by atoms with Crippen LogP contribution in [-0.2, 0) is 14.6 Å². The number of carbonyl (C=O) groups excluding carboxylic acids is 1. The lowest BCUT2D eigenvalue weighted by atomic mass is 10.1. The number of nitro groups is 1. The van der Waals surface area contributed by atoms with Gasteiger partial charge in [0.1, 0.15) is 5.75 Å². The van der Waals surface area contributed by atoms with Gasteiger partial charge in [-0.25, -0.2) is 8.42 Å². The van der Waals surface area contributed by atoms with Gasteiger partial charge in [0.15, 0.2) is 9.84 Å². The molecular formula is C19H21N3O6S. The largest absolute Gasteiger partial charge is 0.495 e. The average molecular weight is 419 g/mol. The third-order valence-corrected chi connectivity index (χ3v) is 6.45. The van der Waals surface area contributed by atoms with Crippen LogP contribution in [0, 0.1) is 10.1 Å². The summed E-state index contributed by atoms with van der Waals surface area (Å²) in [5.41, 5.74) is 0.775. The van der Waals surface area contributed by atoms with Crippen LogP contribution in [0.4, 0.5) is 17.1 Å². The molecule has 1 aliphatic heterocycles. The molecule has 10 heteroatoms. The molecule has 2 aromatic carbocycles. The number of ether oxygens (including phenoxy) is 1. The van der Waals surface area contributed by atoms with Gasteiger partial charge in [-0.15, -0.1) is 0 Å². The highest BCUT2D eigenvalue weighted by atomic mass is 32.2. The van der Waals surface area contributed by atoms with Crippen molar-refractivity contribution in [1.29, 1.82) is 0 Å². The fraction of sp³-hybridized carbons (Fsp3) is 0.316. The van der Waals surface area contributed by atoms with Crippen LogP contribution in [-0.4, -0.2) is 50.5 Å². The third kappa shape index (κ3) is 4.83. The van der Waals surface area contributed by atoms with Gasteiger partial charge in [-0.1, -0.05) is 18.2 Å². The molecule has 29 heavy (non-hydrogen) atoms. The summed E-state index contributed by atoms with van der Waals surface area (Å²) in [6.07, 6.45) is 0.364. The van der Waals surface area contributed by atoms with Crippen molar-refractivity contribution < 1.29 is 22.9 Å². The second-order valence-electron chi connectivity index (χ2n) is 6.65. The van der Waals surface area contributed by atoms with E-state index in [2.05, 4.69) is 5.32 Å². The molecule has 0 bridgehead atoms. The molecule has 3 rings (SSSR count). The SMILES string of the molecule is COc1ccc([N+](=O)[O-])cc1NCC(=O)N(c1ccccc1)[C@H]1CCS(=O)(=O)C1. The predicted molar refractivity (Wildman–Crippen MR) is 109 cm³/mol. The molecule has 2 aromatic rings. The Morgan fingerprint density at radius 3 is 2.59 bits per heavy atom. The Kier molecular flexibility index (Phi) is 6.02. The van der Waals surface area contributed by atoms with E-state index in [1.807, 2.05) is 6.07 Å². The summed E-state index contributed by atoms with van der Waals surface area (Å²) in [6.45, 7) is -0.178. The molecule has 1 heterocycles. The minimum atomic E-state index is -3.18. The quantitative estimate of drug-likeness (QED) is 0.540. The number of carbonyl (C=O) groups is 1. The first-order valence-electron chi connectivity index (χ1n) is 8.94. The van der Waals surface area contributed by atoms with E-state index in [9.17, 15) is 23.3 Å². The van der Waals surface area contributed by atoms with Gasteiger partial charge in [0.05, 0.1) is 41.8 Å². The fourth-order valence-electron chi connectivity index (χ4n) is 3.33. The van der Waals surface area contributed by atoms with Crippen LogP contribution in [0.5, 0.6) is 5.75 Å². The summed E-state index contributed by atoms with van der Waals surface area (Å²) in [4.78, 5) is 25.0. The number of sulfone groups is 1. The van der Waals surface area contributed by atoms with Gasteiger partial charge in [0.2, 0.25) is 5.91 Å². The lowest BCUT2D eigenvalue weighted by molar-refractivity contribution is -0.384. The van der Waals surface area contributed by atoms with Gasteiger partial charge in [-0.05, 0) is 24.6 Å². The van der Waals surface area contributed by atoms with Crippen molar-refractivity contribution in [2.75, 3.05) is 35.4 Å². The van der Waals surface area contributed by atoms with Crippen molar-refractivity contribution in [3.05, 3.63) is 58.6 Å². The van der Waals surface area contributed by atoms with Gasteiger partial charge >= 0.3 is 0 Å². The first-order valence-corrected chi connectivity index (χ1v) is 10.8. The van der Waals surface area contributed by atoms with Crippen LogP contribution in [0.2, 0.25) is 0 Å². The van der Waals surface area contributed by atoms with Crippen LogP contribution in [0.15, 0.2) is 48.5 Å². The monoisotopic (exact) mass is 419 g/mol. The number of hydrogen-bond donors (Lipinski definition) is 1. The Hall–Kier alpha value is -3.14. The lowest BCUT2D eigenvalue weighted by Crippen LogP contribution is -2.44. The molecule has 0 aromatic heterocycles. The van der Waals surface area contributed by atoms with E-state index in [-0.39, 0.29) is 29.6 Å². The number of hydrogen-bond acceptors (Lipinski definition) is 7. The van der Waals surface area contributed by atoms with E-state index in [0.717, 1.165) is 0 Å². The van der Waals surface area contributed by atoms with Crippen LogP contribution in [0.25, 0.3) is 0 Å². The van der Waals surface area contributed by atoms with Gasteiger partial charge in [0, 0.05) is 17.8 Å². The number of benzene rings is 2. The smallest absolute Gasteiger partial charge is 0.271 e. The second kappa shape index (κ2) is 8.48. The van der Waals surface area contributed by atoms with Crippen LogP contribution in [0.1, 0.15) is 6.42 Å². The summed E-state index contributed by atoms with van der Waals surface area (Å²) in [5, 5.41) is 13.9. The van der Waals surface area contributed by atoms with Gasteiger partial charge in [0.25, 0.3) is 5.69 Å². The molecule has 0 unspecified atom stereocenters. The zero-order chi connectivity index (χ0) is 21.0. The van der Waals surface area contributed by atoms with E-state index in [0.29, 0.717) is 23.5 Å². The molecule has 1 N–H and O–H groups in total. The molecule has 1 saturated heterocycles. The highest BCUT2D eigenvalue weighted by Gasteiger charge is 2.35. The van der Waals surface area contributed by atoms with Crippen molar-refractivity contribution in [3.63, 3.8) is 0 Å². The molecule has 1 aliphatic rings. The Morgan fingerprint density at radius 2 is 2.00 bits per heavy atom. The standard InChI is InChI=1S/C19H21N3O6S/c1-28-18-8-7-15(22(24)25)11-17(18)20-12-19(23)21(14-5-3-2-4-6-14)16-9-10-29(26,27)13-16/h2-8,11,16,20H,9-10,12-13H2,1H3/t16-/m0/s1. The molecule has 1 fully saturated rings. The maximum absolute atomic E-state index is 13.0. The zero-order valence-corrected chi connectivity index (χ0v) is 16.6. The van der Waals surface area contributed by atoms with Crippen LogP contribution < -0.4 is 15.0 Å². The van der Waals surface area contributed by atoms with E-state index in [1.165, 1.54) is 30.2 Å². The summed E-state index contributed by atoms with van der Waals surface area (Å²) >= 11 is 0. The van der Waals surface area contributed by atoms with Gasteiger partial charge in [-0.2, -0.15) is 0 Å². The summed E-state index contributed by atoms with van der Waals surface area (Å²) in [6, 6.07) is 12.4. The van der Waals surface area contributed by atoms with Crippen molar-refractivity contribution in [2.24, 2.45) is 0 Å². The second-order valence-corrected chi connectivity index (χ2v) is 8.88. The molecule has 154 valence electrons. The molecule has 9 nitrogen and oxygen atoms in total. The van der Waals surface area contributed by atoms with E-state index in [4.69, 9.17) is 4.74 Å². The maximum Gasteiger partial charge on any atom is 0.271 e. The molecule has 0 saturated carbocycles. The number of nitrogens with zero attached hydrogens (tertiary/aromatic N) is 2. The minimum Gasteiger partial charge on any atom is -0.495 e. The third-order valence-electron chi connectivity index (χ3n) is 4.70. The van der Waals surface area contributed by atoms with Crippen LogP contribution >= 0.6 is 0 Å². The summed E-state index contributed by atoms with van der Waals surface area (Å²) in [7, 11) is -1.76. The molecule has 1 amide bonds. The number of amides is 1. The Labute approximate surface area is 168 Å². The number of para-hydroxylation sites is 1. The summed E-state index contributed by atoms with van der Waals surface area (Å²) < 4.78 is 29.1. The Morgan fingerprint density at radius 1 is 1.28 bits per heavy atom. The number of rotatable bonds is 7. The minimum absolute atomic E-state index is 0.0421. The summed E-state index contributed by atoms with van der Waals surface area (Å²) in [5.74, 6) is -0.0290. The van der Waals surface area contributed by atoms with Crippen molar-refractivity contribution >= 4 is 32.8 Å². The Bertz CT molecular complexity index is 1010. The van der Waals surface area contributed by atoms with Crippen molar-refractivity contribution in [1.82, 2.24) is 0 Å². The van der Waals surface area contributed by atoms with E-state index in [1.54, 1.807) is 24.3 Å². The highest BCUT2D eigenvalue weighted by Crippen LogP contribution is 2.29. The van der Waals surface area contributed by atoms with Gasteiger partial charge in [-0.3, -0.25) is 14.9 Å². The molecular weight excluding hydrogens is 398 g/mol. The number of anilines is 2. The maximum atomic E-state index is 13.0. The van der Waals surface area contributed by atoms with Crippen molar-refractivity contribution in [3.8, 4) is 5.75 Å². The Balaban J connectivity index is 1.83. The molecule has 1 atom stereocenters. The first kappa shape index (κ1) is 20.6. The molecule has 0 spiro atoms.